The average Bonchev–Trinajstić information content (AvgIpc) is 3.02. The molecule has 0 aliphatic carbocycles. The molecule has 0 fully saturated rings. The first-order chi connectivity index (χ1) is 11.3. The smallest absolute Gasteiger partial charge is 0.274 e. The van der Waals surface area contributed by atoms with Crippen LogP contribution < -0.4 is 5.56 Å². The zero-order valence-electron chi connectivity index (χ0n) is 12.7. The van der Waals surface area contributed by atoms with Crippen LogP contribution in [-0.4, -0.2) is 14.2 Å². The van der Waals surface area contributed by atoms with Gasteiger partial charge in [-0.2, -0.15) is 9.61 Å². The summed E-state index contributed by atoms with van der Waals surface area (Å²) in [6.45, 7) is 0. The molecule has 23 heavy (non-hydrogen) atoms. The third-order valence-corrected chi connectivity index (χ3v) is 3.95. The maximum atomic E-state index is 12.2. The van der Waals surface area contributed by atoms with Gasteiger partial charge in [0.25, 0.3) is 5.56 Å². The maximum absolute atomic E-state index is 12.2. The summed E-state index contributed by atoms with van der Waals surface area (Å²) in [6, 6.07) is 21.5. The molecule has 0 radical (unpaired) electrons. The Labute approximate surface area is 133 Å². The van der Waals surface area contributed by atoms with Crippen molar-refractivity contribution in [1.82, 2.24) is 14.2 Å². The molecular formula is C19H15N3O. The van der Waals surface area contributed by atoms with Crippen LogP contribution in [0.5, 0.6) is 0 Å². The summed E-state index contributed by atoms with van der Waals surface area (Å²) in [7, 11) is 1.93. The number of rotatable bonds is 2. The highest BCUT2D eigenvalue weighted by Crippen LogP contribution is 2.34. The molecular weight excluding hydrogens is 286 g/mol. The highest BCUT2D eigenvalue weighted by Gasteiger charge is 2.18. The molecule has 0 aliphatic rings. The minimum absolute atomic E-state index is 0.127. The van der Waals surface area contributed by atoms with E-state index in [0.29, 0.717) is 0 Å². The summed E-state index contributed by atoms with van der Waals surface area (Å²) >= 11 is 0. The number of nitrogens with zero attached hydrogens (tertiary/aromatic N) is 3. The number of aryl methyl sites for hydroxylation is 1. The van der Waals surface area contributed by atoms with Crippen LogP contribution in [-0.2, 0) is 7.05 Å². The fourth-order valence-electron chi connectivity index (χ4n) is 2.87. The summed E-state index contributed by atoms with van der Waals surface area (Å²) in [5.74, 6) is 0. The standard InChI is InChI=1S/C19H15N3O/c1-21-13-12-16(23)22-19(21)17(14-8-4-2-5-9-14)18(20-22)15-10-6-3-7-11-15/h2-13H,1H3. The van der Waals surface area contributed by atoms with E-state index < -0.39 is 0 Å². The monoisotopic (exact) mass is 301 g/mol. The lowest BCUT2D eigenvalue weighted by molar-refractivity contribution is 0.826. The number of aromatic nitrogens is 3. The Hall–Kier alpha value is -3.14. The van der Waals surface area contributed by atoms with Crippen LogP contribution in [0, 0.1) is 0 Å². The quantitative estimate of drug-likeness (QED) is 0.569. The fourth-order valence-corrected chi connectivity index (χ4v) is 2.87. The van der Waals surface area contributed by atoms with Crippen molar-refractivity contribution in [2.45, 2.75) is 0 Å². The van der Waals surface area contributed by atoms with Gasteiger partial charge in [0.1, 0.15) is 11.3 Å². The van der Waals surface area contributed by atoms with Gasteiger partial charge in [-0.25, -0.2) is 0 Å². The van der Waals surface area contributed by atoms with Crippen molar-refractivity contribution in [2.24, 2.45) is 7.05 Å². The SMILES string of the molecule is Cn1ccc(=O)n2nc(-c3ccccc3)c(-c3ccccc3)c12. The molecule has 4 heteroatoms. The predicted octanol–water partition coefficient (Wildman–Crippen LogP) is 3.37. The molecule has 4 aromatic rings. The van der Waals surface area contributed by atoms with E-state index in [1.54, 1.807) is 6.20 Å². The van der Waals surface area contributed by atoms with E-state index >= 15 is 0 Å². The lowest BCUT2D eigenvalue weighted by Gasteiger charge is -2.06. The molecule has 0 spiro atoms. The molecule has 0 aliphatic heterocycles. The molecule has 4 nitrogen and oxygen atoms in total. The first kappa shape index (κ1) is 13.5. The summed E-state index contributed by atoms with van der Waals surface area (Å²) in [4.78, 5) is 12.2. The number of fused-ring (bicyclic) bond motifs is 1. The zero-order chi connectivity index (χ0) is 15.8. The van der Waals surface area contributed by atoms with Gasteiger partial charge in [-0.3, -0.25) is 4.79 Å². The summed E-state index contributed by atoms with van der Waals surface area (Å²) in [5, 5.41) is 4.60. The van der Waals surface area contributed by atoms with Crippen LogP contribution in [0.2, 0.25) is 0 Å². The third kappa shape index (κ3) is 2.16. The molecule has 2 aromatic carbocycles. The number of hydrogen-bond acceptors (Lipinski definition) is 2. The van der Waals surface area contributed by atoms with Gasteiger partial charge in [-0.05, 0) is 5.56 Å². The van der Waals surface area contributed by atoms with Crippen LogP contribution in [0.3, 0.4) is 0 Å². The second kappa shape index (κ2) is 5.25. The van der Waals surface area contributed by atoms with E-state index in [2.05, 4.69) is 5.10 Å². The maximum Gasteiger partial charge on any atom is 0.274 e. The van der Waals surface area contributed by atoms with Gasteiger partial charge in [-0.1, -0.05) is 60.7 Å². The lowest BCUT2D eigenvalue weighted by atomic mass is 10.0. The highest BCUT2D eigenvalue weighted by atomic mass is 16.1. The molecule has 0 bridgehead atoms. The first-order valence-corrected chi connectivity index (χ1v) is 7.45. The molecule has 112 valence electrons. The number of benzene rings is 2. The number of hydrogen-bond donors (Lipinski definition) is 0. The van der Waals surface area contributed by atoms with Crippen LogP contribution >= 0.6 is 0 Å². The molecule has 0 unspecified atom stereocenters. The van der Waals surface area contributed by atoms with Crippen molar-refractivity contribution >= 4 is 5.65 Å². The molecule has 0 amide bonds. The Morgan fingerprint density at radius 2 is 1.43 bits per heavy atom. The third-order valence-electron chi connectivity index (χ3n) is 3.95. The fraction of sp³-hybridized carbons (Fsp3) is 0.0526. The summed E-state index contributed by atoms with van der Waals surface area (Å²) in [5.41, 5.74) is 4.49. The molecule has 2 heterocycles. The average molecular weight is 301 g/mol. The molecule has 0 atom stereocenters. The van der Waals surface area contributed by atoms with Crippen LogP contribution in [0.4, 0.5) is 0 Å². The van der Waals surface area contributed by atoms with Crippen LogP contribution in [0.15, 0.2) is 77.7 Å². The topological polar surface area (TPSA) is 39.3 Å². The van der Waals surface area contributed by atoms with E-state index in [-0.39, 0.29) is 5.56 Å². The van der Waals surface area contributed by atoms with Gasteiger partial charge in [-0.15, -0.1) is 0 Å². The molecule has 2 aromatic heterocycles. The predicted molar refractivity (Wildman–Crippen MR) is 91.3 cm³/mol. The van der Waals surface area contributed by atoms with Crippen molar-refractivity contribution in [1.29, 1.82) is 0 Å². The van der Waals surface area contributed by atoms with Crippen molar-refractivity contribution < 1.29 is 0 Å². The van der Waals surface area contributed by atoms with Crippen LogP contribution in [0.25, 0.3) is 28.0 Å². The Morgan fingerprint density at radius 3 is 2.09 bits per heavy atom. The first-order valence-electron chi connectivity index (χ1n) is 7.45. The molecule has 0 N–H and O–H groups in total. The Morgan fingerprint density at radius 1 is 0.826 bits per heavy atom. The second-order valence-electron chi connectivity index (χ2n) is 5.46. The van der Waals surface area contributed by atoms with Gasteiger partial charge >= 0.3 is 0 Å². The molecule has 4 rings (SSSR count). The summed E-state index contributed by atoms with van der Waals surface area (Å²) < 4.78 is 3.41. The Kier molecular flexibility index (Phi) is 3.08. The van der Waals surface area contributed by atoms with Crippen LogP contribution in [0.1, 0.15) is 0 Å². The highest BCUT2D eigenvalue weighted by molar-refractivity contribution is 5.90. The van der Waals surface area contributed by atoms with Gasteiger partial charge < -0.3 is 4.57 Å². The van der Waals surface area contributed by atoms with Gasteiger partial charge in [0.2, 0.25) is 0 Å². The largest absolute Gasteiger partial charge is 0.335 e. The van der Waals surface area contributed by atoms with E-state index in [1.165, 1.54) is 10.6 Å². The Balaban J connectivity index is 2.17. The normalized spacial score (nSPS) is 11.0. The van der Waals surface area contributed by atoms with Gasteiger partial charge in [0, 0.05) is 24.9 Å². The van der Waals surface area contributed by atoms with Crippen molar-refractivity contribution in [2.75, 3.05) is 0 Å². The van der Waals surface area contributed by atoms with Crippen molar-refractivity contribution in [3.8, 4) is 22.4 Å². The second-order valence-corrected chi connectivity index (χ2v) is 5.46. The molecule has 0 saturated heterocycles. The van der Waals surface area contributed by atoms with Crippen molar-refractivity contribution in [3.05, 3.63) is 83.3 Å². The van der Waals surface area contributed by atoms with E-state index in [4.69, 9.17) is 0 Å². The van der Waals surface area contributed by atoms with E-state index in [0.717, 1.165) is 28.0 Å². The lowest BCUT2D eigenvalue weighted by Crippen LogP contribution is -2.15. The van der Waals surface area contributed by atoms with Gasteiger partial charge in [0.15, 0.2) is 0 Å². The van der Waals surface area contributed by atoms with E-state index in [1.807, 2.05) is 72.3 Å². The summed E-state index contributed by atoms with van der Waals surface area (Å²) in [6.07, 6.45) is 1.78. The van der Waals surface area contributed by atoms with E-state index in [9.17, 15) is 4.79 Å². The minimum Gasteiger partial charge on any atom is -0.335 e. The minimum atomic E-state index is -0.127. The zero-order valence-corrected chi connectivity index (χ0v) is 12.7. The van der Waals surface area contributed by atoms with Crippen molar-refractivity contribution in [3.63, 3.8) is 0 Å². The van der Waals surface area contributed by atoms with Gasteiger partial charge in [0.05, 0.1) is 5.56 Å². The Bertz CT molecular complexity index is 1030. The molecule has 0 saturated carbocycles.